The Balaban J connectivity index is 2.06. The lowest BCUT2D eigenvalue weighted by atomic mass is 10.3. The highest BCUT2D eigenvalue weighted by atomic mass is 16.5. The Kier molecular flexibility index (Phi) is 4.15. The molecule has 1 aromatic carbocycles. The fourth-order valence-electron chi connectivity index (χ4n) is 1.53. The smallest absolute Gasteiger partial charge is 0.160 e. The van der Waals surface area contributed by atoms with Gasteiger partial charge in [-0.1, -0.05) is 0 Å². The molecule has 19 heavy (non-hydrogen) atoms. The lowest BCUT2D eigenvalue weighted by Crippen LogP contribution is -2.09. The molecule has 4 N–H and O–H groups in total. The number of anilines is 3. The summed E-state index contributed by atoms with van der Waals surface area (Å²) in [6.45, 7) is 3.99. The SMILES string of the molecule is CC(C)Oc1ccc(Nc2cncc(NN)n2)cc1. The molecule has 0 aliphatic rings. The molecule has 2 rings (SSSR count). The van der Waals surface area contributed by atoms with Crippen molar-refractivity contribution in [2.45, 2.75) is 20.0 Å². The zero-order valence-electron chi connectivity index (χ0n) is 10.9. The Hall–Kier alpha value is -2.34. The minimum Gasteiger partial charge on any atom is -0.491 e. The van der Waals surface area contributed by atoms with Crippen molar-refractivity contribution in [1.29, 1.82) is 0 Å². The Morgan fingerprint density at radius 3 is 2.42 bits per heavy atom. The number of aromatic nitrogens is 2. The van der Waals surface area contributed by atoms with E-state index in [-0.39, 0.29) is 6.10 Å². The first-order valence-electron chi connectivity index (χ1n) is 6.00. The molecular weight excluding hydrogens is 242 g/mol. The van der Waals surface area contributed by atoms with Crippen molar-refractivity contribution in [3.63, 3.8) is 0 Å². The van der Waals surface area contributed by atoms with E-state index in [2.05, 4.69) is 20.7 Å². The van der Waals surface area contributed by atoms with Gasteiger partial charge in [-0.15, -0.1) is 0 Å². The van der Waals surface area contributed by atoms with E-state index in [0.717, 1.165) is 11.4 Å². The van der Waals surface area contributed by atoms with Crippen molar-refractivity contribution < 1.29 is 4.74 Å². The van der Waals surface area contributed by atoms with Gasteiger partial charge in [0.2, 0.25) is 0 Å². The second-order valence-electron chi connectivity index (χ2n) is 4.25. The number of ether oxygens (including phenoxy) is 1. The molecule has 6 nitrogen and oxygen atoms in total. The van der Waals surface area contributed by atoms with Gasteiger partial charge in [-0.2, -0.15) is 0 Å². The van der Waals surface area contributed by atoms with Crippen LogP contribution in [0.15, 0.2) is 36.7 Å². The van der Waals surface area contributed by atoms with Crippen molar-refractivity contribution in [3.8, 4) is 5.75 Å². The molecule has 0 radical (unpaired) electrons. The van der Waals surface area contributed by atoms with E-state index in [0.29, 0.717) is 11.6 Å². The molecule has 0 aliphatic carbocycles. The summed E-state index contributed by atoms with van der Waals surface area (Å²) in [5, 5.41) is 3.13. The molecular formula is C13H17N5O. The third-order valence-corrected chi connectivity index (χ3v) is 2.28. The van der Waals surface area contributed by atoms with E-state index in [4.69, 9.17) is 10.6 Å². The van der Waals surface area contributed by atoms with Gasteiger partial charge in [0, 0.05) is 5.69 Å². The van der Waals surface area contributed by atoms with Crippen LogP contribution in [-0.4, -0.2) is 16.1 Å². The number of hydrogen-bond acceptors (Lipinski definition) is 6. The molecule has 0 spiro atoms. The predicted molar refractivity (Wildman–Crippen MR) is 75.3 cm³/mol. The summed E-state index contributed by atoms with van der Waals surface area (Å²) in [7, 11) is 0. The fraction of sp³-hybridized carbons (Fsp3) is 0.231. The maximum Gasteiger partial charge on any atom is 0.160 e. The van der Waals surface area contributed by atoms with Gasteiger partial charge in [0.05, 0.1) is 18.5 Å². The summed E-state index contributed by atoms with van der Waals surface area (Å²) >= 11 is 0. The fourth-order valence-corrected chi connectivity index (χ4v) is 1.53. The molecule has 6 heteroatoms. The second kappa shape index (κ2) is 6.01. The maximum absolute atomic E-state index is 5.57. The van der Waals surface area contributed by atoms with E-state index in [1.807, 2.05) is 38.1 Å². The number of nitrogen functional groups attached to an aromatic ring is 1. The molecule has 0 saturated heterocycles. The Morgan fingerprint density at radius 1 is 1.11 bits per heavy atom. The maximum atomic E-state index is 5.57. The summed E-state index contributed by atoms with van der Waals surface area (Å²) in [6.07, 6.45) is 3.33. The van der Waals surface area contributed by atoms with E-state index in [9.17, 15) is 0 Å². The second-order valence-corrected chi connectivity index (χ2v) is 4.25. The third kappa shape index (κ3) is 3.82. The Bertz CT molecular complexity index is 527. The van der Waals surface area contributed by atoms with Crippen LogP contribution in [-0.2, 0) is 0 Å². The van der Waals surface area contributed by atoms with Crippen LogP contribution < -0.4 is 21.3 Å². The van der Waals surface area contributed by atoms with Gasteiger partial charge < -0.3 is 15.5 Å². The number of benzene rings is 1. The molecule has 100 valence electrons. The van der Waals surface area contributed by atoms with Gasteiger partial charge in [0.25, 0.3) is 0 Å². The van der Waals surface area contributed by atoms with E-state index < -0.39 is 0 Å². The topological polar surface area (TPSA) is 85.1 Å². The molecule has 0 amide bonds. The number of hydrogen-bond donors (Lipinski definition) is 3. The van der Waals surface area contributed by atoms with Gasteiger partial charge in [-0.25, -0.2) is 10.8 Å². The van der Waals surface area contributed by atoms with Crippen LogP contribution in [0.3, 0.4) is 0 Å². The minimum absolute atomic E-state index is 0.164. The molecule has 0 bridgehead atoms. The van der Waals surface area contributed by atoms with Crippen LogP contribution in [0.25, 0.3) is 0 Å². The molecule has 0 unspecified atom stereocenters. The first kappa shape index (κ1) is 13.1. The number of hydrazine groups is 1. The summed E-state index contributed by atoms with van der Waals surface area (Å²) in [6, 6.07) is 7.64. The van der Waals surface area contributed by atoms with Crippen molar-refractivity contribution in [1.82, 2.24) is 9.97 Å². The average Bonchev–Trinajstić information content (AvgIpc) is 2.41. The highest BCUT2D eigenvalue weighted by Crippen LogP contribution is 2.19. The number of nitrogens with zero attached hydrogens (tertiary/aromatic N) is 2. The van der Waals surface area contributed by atoms with E-state index in [1.54, 1.807) is 12.4 Å². The van der Waals surface area contributed by atoms with Crippen molar-refractivity contribution >= 4 is 17.3 Å². The minimum atomic E-state index is 0.164. The van der Waals surface area contributed by atoms with Crippen molar-refractivity contribution in [2.24, 2.45) is 5.84 Å². The first-order valence-corrected chi connectivity index (χ1v) is 6.00. The third-order valence-electron chi connectivity index (χ3n) is 2.28. The van der Waals surface area contributed by atoms with Crippen molar-refractivity contribution in [2.75, 3.05) is 10.7 Å². The molecule has 2 aromatic rings. The molecule has 0 saturated carbocycles. The number of rotatable bonds is 5. The Labute approximate surface area is 112 Å². The van der Waals surface area contributed by atoms with Gasteiger partial charge in [-0.3, -0.25) is 4.98 Å². The quantitative estimate of drug-likeness (QED) is 0.564. The van der Waals surface area contributed by atoms with Gasteiger partial charge in [0.1, 0.15) is 5.75 Å². The van der Waals surface area contributed by atoms with Crippen LogP contribution in [0.5, 0.6) is 5.75 Å². The molecule has 0 fully saturated rings. The van der Waals surface area contributed by atoms with Gasteiger partial charge >= 0.3 is 0 Å². The average molecular weight is 259 g/mol. The highest BCUT2D eigenvalue weighted by Gasteiger charge is 2.00. The standard InChI is InChI=1S/C13H17N5O/c1-9(2)19-11-5-3-10(4-6-11)16-12-7-15-8-13(17-12)18-14/h3-9H,14H2,1-2H3,(H2,16,17,18). The first-order chi connectivity index (χ1) is 9.17. The van der Waals surface area contributed by atoms with Crippen LogP contribution in [0, 0.1) is 0 Å². The summed E-state index contributed by atoms with van der Waals surface area (Å²) in [5.74, 6) is 7.24. The van der Waals surface area contributed by atoms with Crippen LogP contribution in [0.4, 0.5) is 17.3 Å². The van der Waals surface area contributed by atoms with E-state index in [1.165, 1.54) is 0 Å². The monoisotopic (exact) mass is 259 g/mol. The molecule has 1 heterocycles. The summed E-state index contributed by atoms with van der Waals surface area (Å²) in [4.78, 5) is 8.23. The van der Waals surface area contributed by atoms with Crippen molar-refractivity contribution in [3.05, 3.63) is 36.7 Å². The number of nitrogens with two attached hydrogens (primary N) is 1. The normalized spacial score (nSPS) is 10.3. The van der Waals surface area contributed by atoms with Crippen LogP contribution in [0.1, 0.15) is 13.8 Å². The van der Waals surface area contributed by atoms with Gasteiger partial charge in [-0.05, 0) is 38.1 Å². The zero-order chi connectivity index (χ0) is 13.7. The lowest BCUT2D eigenvalue weighted by Gasteiger charge is -2.11. The summed E-state index contributed by atoms with van der Waals surface area (Å²) in [5.41, 5.74) is 3.35. The van der Waals surface area contributed by atoms with E-state index >= 15 is 0 Å². The lowest BCUT2D eigenvalue weighted by molar-refractivity contribution is 0.242. The van der Waals surface area contributed by atoms with Crippen LogP contribution in [0.2, 0.25) is 0 Å². The molecule has 0 aliphatic heterocycles. The molecule has 1 aromatic heterocycles. The zero-order valence-corrected chi connectivity index (χ0v) is 10.9. The predicted octanol–water partition coefficient (Wildman–Crippen LogP) is 2.29. The Morgan fingerprint density at radius 2 is 1.79 bits per heavy atom. The van der Waals surface area contributed by atoms with Gasteiger partial charge in [0.15, 0.2) is 11.6 Å². The molecule has 0 atom stereocenters. The summed E-state index contributed by atoms with van der Waals surface area (Å²) < 4.78 is 5.57. The number of nitrogens with one attached hydrogen (secondary N) is 2. The highest BCUT2D eigenvalue weighted by molar-refractivity contribution is 5.57. The van der Waals surface area contributed by atoms with Crippen LogP contribution >= 0.6 is 0 Å². The largest absolute Gasteiger partial charge is 0.491 e.